The smallest absolute Gasteiger partial charge is 0.249 e. The van der Waals surface area contributed by atoms with E-state index in [1.165, 1.54) is 0 Å². The van der Waals surface area contributed by atoms with Crippen LogP contribution in [-0.4, -0.2) is 26.1 Å². The number of pyridine rings is 1. The Morgan fingerprint density at radius 1 is 1.17 bits per heavy atom. The Hall–Kier alpha value is -3.48. The Labute approximate surface area is 136 Å². The molecule has 1 aromatic carbocycles. The number of fused-ring (bicyclic) bond motifs is 1. The van der Waals surface area contributed by atoms with Gasteiger partial charge in [0.25, 0.3) is 0 Å². The zero-order valence-corrected chi connectivity index (χ0v) is 12.6. The second-order valence-corrected chi connectivity index (χ2v) is 5.20. The van der Waals surface area contributed by atoms with Gasteiger partial charge in [0, 0.05) is 11.6 Å². The van der Waals surface area contributed by atoms with E-state index in [1.54, 1.807) is 12.3 Å². The van der Waals surface area contributed by atoms with E-state index in [4.69, 9.17) is 4.42 Å². The number of para-hydroxylation sites is 1. The van der Waals surface area contributed by atoms with E-state index in [1.807, 2.05) is 42.5 Å². The predicted molar refractivity (Wildman–Crippen MR) is 88.2 cm³/mol. The third kappa shape index (κ3) is 2.87. The summed E-state index contributed by atoms with van der Waals surface area (Å²) in [6.45, 7) is 0. The number of hydrogen-bond donors (Lipinski definition) is 2. The first-order valence-corrected chi connectivity index (χ1v) is 7.39. The monoisotopic (exact) mass is 319 g/mol. The Kier molecular flexibility index (Phi) is 3.51. The maximum absolute atomic E-state index is 12.1. The molecule has 0 radical (unpaired) electrons. The van der Waals surface area contributed by atoms with Crippen molar-refractivity contribution in [1.29, 1.82) is 0 Å². The minimum atomic E-state index is -0.249. The quantitative estimate of drug-likeness (QED) is 0.603. The summed E-state index contributed by atoms with van der Waals surface area (Å²) in [6.07, 6.45) is 1.78. The normalized spacial score (nSPS) is 10.8. The first-order chi connectivity index (χ1) is 11.8. The second kappa shape index (κ2) is 5.96. The van der Waals surface area contributed by atoms with Gasteiger partial charge in [-0.25, -0.2) is 0 Å². The van der Waals surface area contributed by atoms with E-state index in [2.05, 4.69) is 25.5 Å². The standard InChI is InChI=1S/C17H13N5O2/c23-15(10-12-9-11-5-1-2-7-14(11)24-12)19-17-20-16(21-22-17)13-6-3-4-8-18-13/h1-9H,10H2,(H2,19,20,21,22,23). The third-order valence-electron chi connectivity index (χ3n) is 3.46. The van der Waals surface area contributed by atoms with Gasteiger partial charge in [-0.3, -0.25) is 20.2 Å². The number of nitrogens with one attached hydrogen (secondary N) is 2. The summed E-state index contributed by atoms with van der Waals surface area (Å²) in [5.74, 6) is 1.04. The molecule has 4 rings (SSSR count). The van der Waals surface area contributed by atoms with E-state index >= 15 is 0 Å². The van der Waals surface area contributed by atoms with Crippen LogP contribution in [0.3, 0.4) is 0 Å². The summed E-state index contributed by atoms with van der Waals surface area (Å²) in [5, 5.41) is 10.3. The molecule has 4 aromatic rings. The largest absolute Gasteiger partial charge is 0.461 e. The van der Waals surface area contributed by atoms with Gasteiger partial charge in [0.05, 0.1) is 6.42 Å². The zero-order valence-electron chi connectivity index (χ0n) is 12.6. The van der Waals surface area contributed by atoms with Crippen molar-refractivity contribution in [1.82, 2.24) is 20.2 Å². The van der Waals surface area contributed by atoms with E-state index in [-0.39, 0.29) is 18.3 Å². The molecule has 0 fully saturated rings. The third-order valence-corrected chi connectivity index (χ3v) is 3.46. The molecule has 118 valence electrons. The van der Waals surface area contributed by atoms with Crippen molar-refractivity contribution < 1.29 is 9.21 Å². The number of carbonyl (C=O) groups is 1. The highest BCUT2D eigenvalue weighted by molar-refractivity contribution is 5.91. The van der Waals surface area contributed by atoms with Gasteiger partial charge in [-0.05, 0) is 24.3 Å². The summed E-state index contributed by atoms with van der Waals surface area (Å²) in [5.41, 5.74) is 1.42. The van der Waals surface area contributed by atoms with Crippen molar-refractivity contribution in [2.24, 2.45) is 0 Å². The molecule has 0 aliphatic heterocycles. The summed E-state index contributed by atoms with van der Waals surface area (Å²) in [4.78, 5) is 20.5. The van der Waals surface area contributed by atoms with Crippen LogP contribution in [0.4, 0.5) is 5.95 Å². The van der Waals surface area contributed by atoms with Gasteiger partial charge in [-0.1, -0.05) is 24.3 Å². The summed E-state index contributed by atoms with van der Waals surface area (Å²) in [6, 6.07) is 14.9. The lowest BCUT2D eigenvalue weighted by molar-refractivity contribution is -0.115. The molecular formula is C17H13N5O2. The molecule has 0 saturated carbocycles. The van der Waals surface area contributed by atoms with E-state index in [0.29, 0.717) is 17.3 Å². The second-order valence-electron chi connectivity index (χ2n) is 5.20. The molecule has 2 N–H and O–H groups in total. The number of aromatic amines is 1. The van der Waals surface area contributed by atoms with Crippen molar-refractivity contribution in [3.63, 3.8) is 0 Å². The van der Waals surface area contributed by atoms with Gasteiger partial charge in [-0.15, -0.1) is 5.10 Å². The van der Waals surface area contributed by atoms with Crippen LogP contribution in [0.15, 0.2) is 59.1 Å². The first-order valence-electron chi connectivity index (χ1n) is 7.39. The van der Waals surface area contributed by atoms with E-state index < -0.39 is 0 Å². The molecule has 0 saturated heterocycles. The molecule has 3 aromatic heterocycles. The molecular weight excluding hydrogens is 306 g/mol. The van der Waals surface area contributed by atoms with Crippen LogP contribution in [-0.2, 0) is 11.2 Å². The van der Waals surface area contributed by atoms with Crippen LogP contribution in [0.1, 0.15) is 5.76 Å². The molecule has 3 heterocycles. The summed E-state index contributed by atoms with van der Waals surface area (Å²) in [7, 11) is 0. The predicted octanol–water partition coefficient (Wildman–Crippen LogP) is 2.79. The molecule has 24 heavy (non-hydrogen) atoms. The number of benzene rings is 1. The van der Waals surface area contributed by atoms with Crippen LogP contribution in [0.2, 0.25) is 0 Å². The van der Waals surface area contributed by atoms with Crippen molar-refractivity contribution >= 4 is 22.8 Å². The van der Waals surface area contributed by atoms with Gasteiger partial charge < -0.3 is 4.42 Å². The average molecular weight is 319 g/mol. The number of anilines is 1. The molecule has 0 aliphatic carbocycles. The Morgan fingerprint density at radius 2 is 2.04 bits per heavy atom. The van der Waals surface area contributed by atoms with Crippen molar-refractivity contribution in [3.8, 4) is 11.5 Å². The van der Waals surface area contributed by atoms with Gasteiger partial charge in [0.15, 0.2) is 5.82 Å². The fourth-order valence-electron chi connectivity index (χ4n) is 2.39. The fraction of sp³-hybridized carbons (Fsp3) is 0.0588. The number of carbonyl (C=O) groups excluding carboxylic acids is 1. The Morgan fingerprint density at radius 3 is 2.88 bits per heavy atom. The molecule has 0 aliphatic rings. The molecule has 0 atom stereocenters. The van der Waals surface area contributed by atoms with Crippen LogP contribution in [0, 0.1) is 0 Å². The van der Waals surface area contributed by atoms with Crippen LogP contribution < -0.4 is 5.32 Å². The molecule has 1 amide bonds. The average Bonchev–Trinajstić information content (AvgIpc) is 3.21. The van der Waals surface area contributed by atoms with Crippen molar-refractivity contribution in [2.45, 2.75) is 6.42 Å². The Bertz CT molecular complexity index is 957. The maximum atomic E-state index is 12.1. The number of nitrogens with zero attached hydrogens (tertiary/aromatic N) is 3. The van der Waals surface area contributed by atoms with Crippen molar-refractivity contribution in [3.05, 3.63) is 60.5 Å². The molecule has 0 unspecified atom stereocenters. The number of furan rings is 1. The summed E-state index contributed by atoms with van der Waals surface area (Å²) < 4.78 is 5.63. The van der Waals surface area contributed by atoms with E-state index in [9.17, 15) is 4.79 Å². The minimum absolute atomic E-state index is 0.113. The van der Waals surface area contributed by atoms with Gasteiger partial charge in [0.1, 0.15) is 17.0 Å². The topological polar surface area (TPSA) is 96.7 Å². The molecule has 7 nitrogen and oxygen atoms in total. The Balaban J connectivity index is 1.45. The lowest BCUT2D eigenvalue weighted by Crippen LogP contribution is -2.15. The fourth-order valence-corrected chi connectivity index (χ4v) is 2.39. The van der Waals surface area contributed by atoms with Gasteiger partial charge in [-0.2, -0.15) is 4.98 Å². The molecule has 7 heteroatoms. The van der Waals surface area contributed by atoms with Crippen molar-refractivity contribution in [2.75, 3.05) is 5.32 Å². The summed E-state index contributed by atoms with van der Waals surface area (Å²) >= 11 is 0. The minimum Gasteiger partial charge on any atom is -0.461 e. The van der Waals surface area contributed by atoms with Gasteiger partial charge in [0.2, 0.25) is 11.9 Å². The van der Waals surface area contributed by atoms with Crippen LogP contribution >= 0.6 is 0 Å². The highest BCUT2D eigenvalue weighted by atomic mass is 16.3. The SMILES string of the molecule is O=C(Cc1cc2ccccc2o1)Nc1n[nH]c(-c2ccccn2)n1. The number of H-pyrrole nitrogens is 1. The van der Waals surface area contributed by atoms with Crippen LogP contribution in [0.25, 0.3) is 22.5 Å². The van der Waals surface area contributed by atoms with Gasteiger partial charge >= 0.3 is 0 Å². The number of amides is 1. The zero-order chi connectivity index (χ0) is 16.4. The van der Waals surface area contributed by atoms with E-state index in [0.717, 1.165) is 11.0 Å². The highest BCUT2D eigenvalue weighted by Crippen LogP contribution is 2.19. The van der Waals surface area contributed by atoms with Crippen LogP contribution in [0.5, 0.6) is 0 Å². The number of hydrogen-bond acceptors (Lipinski definition) is 5. The molecule has 0 spiro atoms. The first kappa shape index (κ1) is 14.1. The maximum Gasteiger partial charge on any atom is 0.249 e. The molecule has 0 bridgehead atoms. The lowest BCUT2D eigenvalue weighted by atomic mass is 10.2. The number of rotatable bonds is 4. The lowest BCUT2D eigenvalue weighted by Gasteiger charge is -1.97. The number of aromatic nitrogens is 4. The highest BCUT2D eigenvalue weighted by Gasteiger charge is 2.12.